The fourth-order valence-corrected chi connectivity index (χ4v) is 3.16. The van der Waals surface area contributed by atoms with Crippen LogP contribution in [0.5, 0.6) is 0 Å². The summed E-state index contributed by atoms with van der Waals surface area (Å²) in [5.41, 5.74) is 7.93. The van der Waals surface area contributed by atoms with Crippen LogP contribution in [0.2, 0.25) is 0 Å². The van der Waals surface area contributed by atoms with Gasteiger partial charge in [0.15, 0.2) is 17.3 Å². The monoisotopic (exact) mass is 471 g/mol. The molecule has 11 heteroatoms. The Morgan fingerprint density at radius 2 is 1.88 bits per heavy atom. The molecular weight excluding hydrogens is 438 g/mol. The van der Waals surface area contributed by atoms with Crippen LogP contribution in [0, 0.1) is 0 Å². The summed E-state index contributed by atoms with van der Waals surface area (Å²) in [5.74, 6) is -0.138. The maximum Gasteiger partial charge on any atom is 0.405 e. The molecule has 1 heterocycles. The lowest BCUT2D eigenvalue weighted by Crippen LogP contribution is -2.44. The van der Waals surface area contributed by atoms with Crippen molar-refractivity contribution in [2.75, 3.05) is 23.8 Å². The van der Waals surface area contributed by atoms with Crippen molar-refractivity contribution in [2.24, 2.45) is 5.73 Å². The van der Waals surface area contributed by atoms with E-state index >= 15 is 0 Å². The Morgan fingerprint density at radius 3 is 2.47 bits per heavy atom. The third-order valence-electron chi connectivity index (χ3n) is 5.26. The number of hydrogen-bond donors (Lipinski definition) is 5. The predicted octanol–water partition coefficient (Wildman–Crippen LogP) is 2.04. The van der Waals surface area contributed by atoms with E-state index < -0.39 is 23.9 Å². The van der Waals surface area contributed by atoms with E-state index in [9.17, 15) is 14.4 Å². The van der Waals surface area contributed by atoms with Gasteiger partial charge in [-0.2, -0.15) is 0 Å². The fourth-order valence-electron chi connectivity index (χ4n) is 3.16. The second-order valence-electron chi connectivity index (χ2n) is 8.15. The van der Waals surface area contributed by atoms with Crippen molar-refractivity contribution in [2.45, 2.75) is 52.6 Å². The molecule has 2 aromatic rings. The third-order valence-corrected chi connectivity index (χ3v) is 5.26. The average molecular weight is 472 g/mol. The molecule has 0 saturated heterocycles. The average Bonchev–Trinajstić information content (AvgIpc) is 2.77. The number of hydrogen-bond acceptors (Lipinski definition) is 7. The first kappa shape index (κ1) is 26.4. The Bertz CT molecular complexity index is 1040. The van der Waals surface area contributed by atoms with Crippen molar-refractivity contribution >= 4 is 35.2 Å². The van der Waals surface area contributed by atoms with Crippen LogP contribution < -0.4 is 26.6 Å². The highest BCUT2D eigenvalue weighted by molar-refractivity contribution is 5.96. The van der Waals surface area contributed by atoms with E-state index in [1.165, 1.54) is 6.92 Å². The number of aryl methyl sites for hydroxylation is 1. The highest BCUT2D eigenvalue weighted by Gasteiger charge is 2.20. The van der Waals surface area contributed by atoms with E-state index in [0.29, 0.717) is 36.6 Å². The first-order valence-electron chi connectivity index (χ1n) is 11.1. The van der Waals surface area contributed by atoms with Gasteiger partial charge < -0.3 is 31.7 Å². The van der Waals surface area contributed by atoms with Crippen LogP contribution in [0.4, 0.5) is 22.1 Å². The Morgan fingerprint density at radius 1 is 1.18 bits per heavy atom. The standard InChI is InChI=1S/C23H33N7O4/c1-6-17-21(30(5)13(2)3)29-20(18(28-17)19(24)31)27-16-9-7-8-15(12-16)10-11-25-22(32)14(4)26-23(33)34/h7-9,12-14,26H,6,10-11H2,1-5H3,(H2,24,31)(H,25,32)(H,27,29)(H,33,34). The largest absolute Gasteiger partial charge is 0.465 e. The van der Waals surface area contributed by atoms with E-state index in [2.05, 4.69) is 25.9 Å². The number of carbonyl (C=O) groups excluding carboxylic acids is 2. The van der Waals surface area contributed by atoms with E-state index in [1.807, 2.05) is 57.0 Å². The van der Waals surface area contributed by atoms with Crippen molar-refractivity contribution in [3.05, 3.63) is 41.2 Å². The van der Waals surface area contributed by atoms with E-state index in [0.717, 1.165) is 5.56 Å². The number of carboxylic acid groups (broad SMARTS) is 1. The van der Waals surface area contributed by atoms with Crippen LogP contribution in [-0.4, -0.2) is 58.7 Å². The second-order valence-corrected chi connectivity index (χ2v) is 8.15. The van der Waals surface area contributed by atoms with Gasteiger partial charge in [0.1, 0.15) is 6.04 Å². The number of amides is 3. The lowest BCUT2D eigenvalue weighted by Gasteiger charge is -2.25. The van der Waals surface area contributed by atoms with Crippen LogP contribution in [0.3, 0.4) is 0 Å². The molecule has 0 fully saturated rings. The summed E-state index contributed by atoms with van der Waals surface area (Å²) in [4.78, 5) is 45.8. The molecule has 0 aliphatic carbocycles. The number of rotatable bonds is 11. The zero-order valence-corrected chi connectivity index (χ0v) is 20.2. The quantitative estimate of drug-likeness (QED) is 0.332. The van der Waals surface area contributed by atoms with Crippen molar-refractivity contribution in [3.8, 4) is 0 Å². The second kappa shape index (κ2) is 11.8. The maximum atomic E-state index is 12.1. The van der Waals surface area contributed by atoms with E-state index in [1.54, 1.807) is 0 Å². The molecule has 6 N–H and O–H groups in total. The first-order valence-corrected chi connectivity index (χ1v) is 11.1. The third kappa shape index (κ3) is 7.06. The SMILES string of the molecule is CCc1nc(C(N)=O)c(Nc2cccc(CCNC(=O)C(C)NC(=O)O)c2)nc1N(C)C(C)C. The van der Waals surface area contributed by atoms with Gasteiger partial charge in [-0.25, -0.2) is 14.8 Å². The number of carbonyl (C=O) groups is 3. The highest BCUT2D eigenvalue weighted by atomic mass is 16.4. The minimum Gasteiger partial charge on any atom is -0.465 e. The molecule has 1 aromatic heterocycles. The van der Waals surface area contributed by atoms with Crippen molar-refractivity contribution in [1.29, 1.82) is 0 Å². The summed E-state index contributed by atoms with van der Waals surface area (Å²) in [6.07, 6.45) is -0.137. The molecule has 1 aromatic carbocycles. The van der Waals surface area contributed by atoms with Crippen LogP contribution in [0.25, 0.3) is 0 Å². The number of nitrogens with zero attached hydrogens (tertiary/aromatic N) is 3. The smallest absolute Gasteiger partial charge is 0.405 e. The van der Waals surface area contributed by atoms with Gasteiger partial charge in [0.2, 0.25) is 5.91 Å². The Kier molecular flexibility index (Phi) is 9.17. The van der Waals surface area contributed by atoms with Crippen LogP contribution in [-0.2, 0) is 17.6 Å². The number of anilines is 3. The molecule has 0 aliphatic heterocycles. The van der Waals surface area contributed by atoms with Gasteiger partial charge in [-0.05, 0) is 51.3 Å². The van der Waals surface area contributed by atoms with Crippen LogP contribution in [0.15, 0.2) is 24.3 Å². The van der Waals surface area contributed by atoms with Crippen molar-refractivity contribution < 1.29 is 19.5 Å². The molecule has 3 amide bonds. The number of nitrogens with two attached hydrogens (primary N) is 1. The highest BCUT2D eigenvalue weighted by Crippen LogP contribution is 2.25. The lowest BCUT2D eigenvalue weighted by molar-refractivity contribution is -0.122. The number of benzene rings is 1. The molecule has 0 bridgehead atoms. The van der Waals surface area contributed by atoms with Crippen molar-refractivity contribution in [3.63, 3.8) is 0 Å². The Labute approximate surface area is 199 Å². The molecule has 1 atom stereocenters. The lowest BCUT2D eigenvalue weighted by atomic mass is 10.1. The summed E-state index contributed by atoms with van der Waals surface area (Å²) in [6.45, 7) is 7.82. The topological polar surface area (TPSA) is 163 Å². The summed E-state index contributed by atoms with van der Waals surface area (Å²) in [7, 11) is 1.92. The molecule has 184 valence electrons. The molecule has 0 spiro atoms. The summed E-state index contributed by atoms with van der Waals surface area (Å²) in [5, 5.41) is 16.7. The van der Waals surface area contributed by atoms with Gasteiger partial charge in [-0.1, -0.05) is 19.1 Å². The normalized spacial score (nSPS) is 11.6. The number of primary amides is 1. The minimum absolute atomic E-state index is 0.0651. The van der Waals surface area contributed by atoms with E-state index in [-0.39, 0.29) is 17.6 Å². The molecule has 0 aliphatic rings. The summed E-state index contributed by atoms with van der Waals surface area (Å²) in [6, 6.07) is 6.77. The number of nitrogens with one attached hydrogen (secondary N) is 3. The maximum absolute atomic E-state index is 12.1. The first-order chi connectivity index (χ1) is 16.0. The fraction of sp³-hybridized carbons (Fsp3) is 0.435. The van der Waals surface area contributed by atoms with Gasteiger partial charge >= 0.3 is 6.09 Å². The van der Waals surface area contributed by atoms with Crippen LogP contribution >= 0.6 is 0 Å². The van der Waals surface area contributed by atoms with E-state index in [4.69, 9.17) is 10.8 Å². The molecule has 0 radical (unpaired) electrons. The molecule has 1 unspecified atom stereocenters. The molecule has 34 heavy (non-hydrogen) atoms. The minimum atomic E-state index is -1.26. The van der Waals surface area contributed by atoms with Gasteiger partial charge in [-0.15, -0.1) is 0 Å². The Hall–Kier alpha value is -3.89. The van der Waals surface area contributed by atoms with Gasteiger partial charge in [0.25, 0.3) is 5.91 Å². The molecule has 11 nitrogen and oxygen atoms in total. The molecular formula is C23H33N7O4. The van der Waals surface area contributed by atoms with Gasteiger partial charge in [-0.3, -0.25) is 9.59 Å². The Balaban J connectivity index is 2.20. The van der Waals surface area contributed by atoms with Crippen LogP contribution in [0.1, 0.15) is 49.4 Å². The van der Waals surface area contributed by atoms with Gasteiger partial charge in [0.05, 0.1) is 5.69 Å². The zero-order valence-electron chi connectivity index (χ0n) is 20.2. The summed E-state index contributed by atoms with van der Waals surface area (Å²) >= 11 is 0. The van der Waals surface area contributed by atoms with Gasteiger partial charge in [0, 0.05) is 25.3 Å². The number of aromatic nitrogens is 2. The molecule has 2 rings (SSSR count). The molecule has 0 saturated carbocycles. The predicted molar refractivity (Wildman–Crippen MR) is 131 cm³/mol. The summed E-state index contributed by atoms with van der Waals surface area (Å²) < 4.78 is 0. The van der Waals surface area contributed by atoms with Crippen molar-refractivity contribution in [1.82, 2.24) is 20.6 Å². The zero-order chi connectivity index (χ0) is 25.4.